The van der Waals surface area contributed by atoms with E-state index in [0.29, 0.717) is 19.3 Å². The van der Waals surface area contributed by atoms with Crippen LogP contribution in [0.2, 0.25) is 18.1 Å². The van der Waals surface area contributed by atoms with E-state index in [1.54, 1.807) is 12.1 Å². The van der Waals surface area contributed by atoms with Crippen molar-refractivity contribution in [3.63, 3.8) is 0 Å². The first-order valence-corrected chi connectivity index (χ1v) is 18.0. The Morgan fingerprint density at radius 3 is 1.92 bits per heavy atom. The zero-order valence-electron chi connectivity index (χ0n) is 25.0. The molecule has 214 valence electrons. The highest BCUT2D eigenvalue weighted by atomic mass is 28.4. The molecule has 0 saturated carbocycles. The number of hydrogen-bond acceptors (Lipinski definition) is 4. The van der Waals surface area contributed by atoms with Gasteiger partial charge in [0.1, 0.15) is 11.5 Å². The SMILES string of the molecule is CCCCCCCCCCCCC[C@H](C[C@@H](O)CC(=O)CCc1ccc(O)cc1)O[Si](C)(C)C(C)(C)C. The van der Waals surface area contributed by atoms with Gasteiger partial charge in [-0.1, -0.05) is 110 Å². The van der Waals surface area contributed by atoms with Gasteiger partial charge < -0.3 is 14.6 Å². The highest BCUT2D eigenvalue weighted by Gasteiger charge is 2.39. The molecule has 1 rings (SSSR count). The van der Waals surface area contributed by atoms with Crippen molar-refractivity contribution in [2.75, 3.05) is 0 Å². The molecule has 0 aliphatic carbocycles. The maximum atomic E-state index is 12.5. The summed E-state index contributed by atoms with van der Waals surface area (Å²) in [5.41, 5.74) is 1.02. The zero-order chi connectivity index (χ0) is 27.7. The Balaban J connectivity index is 2.44. The summed E-state index contributed by atoms with van der Waals surface area (Å²) < 4.78 is 6.73. The van der Waals surface area contributed by atoms with Gasteiger partial charge in [-0.15, -0.1) is 0 Å². The molecule has 0 amide bonds. The summed E-state index contributed by atoms with van der Waals surface area (Å²) >= 11 is 0. The van der Waals surface area contributed by atoms with Gasteiger partial charge >= 0.3 is 0 Å². The van der Waals surface area contributed by atoms with Crippen LogP contribution in [0, 0.1) is 0 Å². The first kappa shape index (κ1) is 33.9. The fourth-order valence-electron chi connectivity index (χ4n) is 4.55. The smallest absolute Gasteiger partial charge is 0.192 e. The van der Waals surface area contributed by atoms with Crippen molar-refractivity contribution in [1.29, 1.82) is 0 Å². The second-order valence-electron chi connectivity index (χ2n) is 12.6. The molecule has 0 radical (unpaired) electrons. The number of aryl methyl sites for hydroxylation is 1. The fraction of sp³-hybridized carbons (Fsp3) is 0.781. The molecular weight excluding hydrogens is 476 g/mol. The lowest BCUT2D eigenvalue weighted by atomic mass is 9.98. The molecule has 0 fully saturated rings. The van der Waals surface area contributed by atoms with Gasteiger partial charge in [-0.25, -0.2) is 0 Å². The topological polar surface area (TPSA) is 66.8 Å². The third kappa shape index (κ3) is 15.7. The summed E-state index contributed by atoms with van der Waals surface area (Å²) in [6.07, 6.45) is 16.6. The monoisotopic (exact) mass is 534 g/mol. The number of aliphatic hydroxyl groups excluding tert-OH is 1. The number of benzene rings is 1. The fourth-order valence-corrected chi connectivity index (χ4v) is 5.95. The predicted molar refractivity (Wildman–Crippen MR) is 160 cm³/mol. The van der Waals surface area contributed by atoms with E-state index in [1.165, 1.54) is 64.2 Å². The van der Waals surface area contributed by atoms with E-state index in [1.807, 2.05) is 12.1 Å². The van der Waals surface area contributed by atoms with Crippen molar-refractivity contribution in [3.05, 3.63) is 29.8 Å². The molecule has 0 heterocycles. The number of unbranched alkanes of at least 4 members (excludes halogenated alkanes) is 10. The number of ketones is 1. The van der Waals surface area contributed by atoms with Crippen molar-refractivity contribution in [1.82, 2.24) is 0 Å². The average molecular weight is 535 g/mol. The number of phenolic OH excluding ortho intramolecular Hbond substituents is 1. The summed E-state index contributed by atoms with van der Waals surface area (Å²) in [7, 11) is -1.96. The van der Waals surface area contributed by atoms with Crippen LogP contribution in [-0.4, -0.2) is 36.5 Å². The van der Waals surface area contributed by atoms with Gasteiger partial charge in [0.25, 0.3) is 0 Å². The first-order valence-electron chi connectivity index (χ1n) is 15.1. The van der Waals surface area contributed by atoms with Gasteiger partial charge in [-0.3, -0.25) is 4.79 Å². The molecule has 0 aliphatic rings. The molecule has 0 saturated heterocycles. The third-order valence-electron chi connectivity index (χ3n) is 8.02. The van der Waals surface area contributed by atoms with E-state index in [2.05, 4.69) is 40.8 Å². The summed E-state index contributed by atoms with van der Waals surface area (Å²) in [6.45, 7) is 13.6. The number of aromatic hydroxyl groups is 1. The summed E-state index contributed by atoms with van der Waals surface area (Å²) in [5.74, 6) is 0.317. The van der Waals surface area contributed by atoms with Crippen LogP contribution in [0.3, 0.4) is 0 Å². The Morgan fingerprint density at radius 2 is 1.41 bits per heavy atom. The quantitative estimate of drug-likeness (QED) is 0.122. The van der Waals surface area contributed by atoms with Crippen LogP contribution in [0.4, 0.5) is 0 Å². The standard InChI is InChI=1S/C32H58O4Si/c1-7-8-9-10-11-12-13-14-15-16-17-18-31(36-37(5,6)32(2,3)4)26-30(35)25-29(34)24-21-27-19-22-28(33)23-20-27/h19-20,22-23,30-31,33,35H,7-18,21,24-26H2,1-6H3/t30-,31+/m0/s1. The Labute approximate surface area is 229 Å². The minimum Gasteiger partial charge on any atom is -0.508 e. The second-order valence-corrected chi connectivity index (χ2v) is 17.4. The van der Waals surface area contributed by atoms with Gasteiger partial charge in [0.05, 0.1) is 6.10 Å². The highest BCUT2D eigenvalue weighted by Crippen LogP contribution is 2.38. The molecule has 0 aliphatic heterocycles. The molecule has 2 N–H and O–H groups in total. The number of aliphatic hydroxyl groups is 1. The van der Waals surface area contributed by atoms with Crippen LogP contribution in [0.15, 0.2) is 24.3 Å². The predicted octanol–water partition coefficient (Wildman–Crippen LogP) is 9.13. The lowest BCUT2D eigenvalue weighted by molar-refractivity contribution is -0.121. The molecular formula is C32H58O4Si. The number of carbonyl (C=O) groups excluding carboxylic acids is 1. The van der Waals surface area contributed by atoms with Gasteiger partial charge in [0.2, 0.25) is 0 Å². The van der Waals surface area contributed by atoms with Crippen LogP contribution in [0.5, 0.6) is 5.75 Å². The molecule has 0 spiro atoms. The average Bonchev–Trinajstić information content (AvgIpc) is 2.81. The van der Waals surface area contributed by atoms with Crippen LogP contribution in [0.1, 0.15) is 130 Å². The lowest BCUT2D eigenvalue weighted by Gasteiger charge is -2.40. The van der Waals surface area contributed by atoms with E-state index in [-0.39, 0.29) is 29.1 Å². The summed E-state index contributed by atoms with van der Waals surface area (Å²) in [5, 5.41) is 20.3. The Hall–Kier alpha value is -1.17. The largest absolute Gasteiger partial charge is 0.508 e. The van der Waals surface area contributed by atoms with E-state index >= 15 is 0 Å². The number of hydrogen-bond donors (Lipinski definition) is 2. The van der Waals surface area contributed by atoms with E-state index in [9.17, 15) is 15.0 Å². The maximum absolute atomic E-state index is 12.5. The Kier molecular flexibility index (Phi) is 16.6. The van der Waals surface area contributed by atoms with Gasteiger partial charge in [-0.05, 0) is 55.1 Å². The minimum atomic E-state index is -1.96. The van der Waals surface area contributed by atoms with Crippen molar-refractivity contribution in [2.24, 2.45) is 0 Å². The molecule has 1 aromatic rings. The normalized spacial score (nSPS) is 14.0. The molecule has 0 bridgehead atoms. The van der Waals surface area contributed by atoms with E-state index < -0.39 is 14.4 Å². The summed E-state index contributed by atoms with van der Waals surface area (Å²) in [4.78, 5) is 12.5. The first-order chi connectivity index (χ1) is 17.4. The zero-order valence-corrected chi connectivity index (χ0v) is 26.0. The van der Waals surface area contributed by atoms with Crippen molar-refractivity contribution in [2.45, 2.75) is 161 Å². The minimum absolute atomic E-state index is 0.0133. The maximum Gasteiger partial charge on any atom is 0.192 e. The molecule has 4 nitrogen and oxygen atoms in total. The van der Waals surface area contributed by atoms with Gasteiger partial charge in [0.15, 0.2) is 8.32 Å². The van der Waals surface area contributed by atoms with Crippen molar-refractivity contribution < 1.29 is 19.4 Å². The van der Waals surface area contributed by atoms with Crippen LogP contribution in [-0.2, 0) is 15.6 Å². The number of Topliss-reactive ketones (excluding diaryl/α,β-unsaturated/α-hetero) is 1. The molecule has 1 aromatic carbocycles. The number of carbonyl (C=O) groups is 1. The van der Waals surface area contributed by atoms with Crippen molar-refractivity contribution in [3.8, 4) is 5.75 Å². The summed E-state index contributed by atoms with van der Waals surface area (Å²) in [6, 6.07) is 6.98. The molecule has 2 atom stereocenters. The van der Waals surface area contributed by atoms with Crippen LogP contribution in [0.25, 0.3) is 0 Å². The molecule has 0 unspecified atom stereocenters. The van der Waals surface area contributed by atoms with Crippen LogP contribution < -0.4 is 0 Å². The molecule has 37 heavy (non-hydrogen) atoms. The van der Waals surface area contributed by atoms with Gasteiger partial charge in [-0.2, -0.15) is 0 Å². The highest BCUT2D eigenvalue weighted by molar-refractivity contribution is 6.74. The molecule has 0 aromatic heterocycles. The third-order valence-corrected chi connectivity index (χ3v) is 12.6. The molecule has 5 heteroatoms. The van der Waals surface area contributed by atoms with Gasteiger partial charge in [0, 0.05) is 18.9 Å². The van der Waals surface area contributed by atoms with E-state index in [0.717, 1.165) is 18.4 Å². The number of phenols is 1. The van der Waals surface area contributed by atoms with E-state index in [4.69, 9.17) is 4.43 Å². The Morgan fingerprint density at radius 1 is 0.892 bits per heavy atom. The van der Waals surface area contributed by atoms with Crippen molar-refractivity contribution >= 4 is 14.1 Å². The van der Waals surface area contributed by atoms with Crippen LogP contribution >= 0.6 is 0 Å². The second kappa shape index (κ2) is 18.2. The Bertz CT molecular complexity index is 723. The number of rotatable bonds is 21. The lowest BCUT2D eigenvalue weighted by Crippen LogP contribution is -2.44.